The van der Waals surface area contributed by atoms with Gasteiger partial charge in [0.1, 0.15) is 0 Å². The summed E-state index contributed by atoms with van der Waals surface area (Å²) in [5, 5.41) is 0.446. The molecule has 1 heterocycles. The highest BCUT2D eigenvalue weighted by Gasteiger charge is 2.25. The van der Waals surface area contributed by atoms with Gasteiger partial charge in [0.25, 0.3) is 0 Å². The number of aryl methyl sites for hydroxylation is 2. The Bertz CT molecular complexity index is 896. The summed E-state index contributed by atoms with van der Waals surface area (Å²) in [4.78, 5) is 2.45. The van der Waals surface area contributed by atoms with Gasteiger partial charge in [-0.3, -0.25) is 4.90 Å². The molecular weight excluding hydrogens is 384 g/mol. The summed E-state index contributed by atoms with van der Waals surface area (Å²) in [5.41, 5.74) is 3.10. The normalized spacial score (nSPS) is 17.0. The van der Waals surface area contributed by atoms with Crippen molar-refractivity contribution in [3.8, 4) is 0 Å². The predicted octanol–water partition coefficient (Wildman–Crippen LogP) is 3.31. The summed E-state index contributed by atoms with van der Waals surface area (Å²) in [7, 11) is -3.64. The predicted molar refractivity (Wildman–Crippen MR) is 108 cm³/mol. The van der Waals surface area contributed by atoms with Crippen LogP contribution in [0, 0.1) is 13.8 Å². The van der Waals surface area contributed by atoms with Gasteiger partial charge >= 0.3 is 0 Å². The molecule has 1 aliphatic heterocycles. The Labute approximate surface area is 166 Å². The van der Waals surface area contributed by atoms with Crippen LogP contribution in [0.2, 0.25) is 5.02 Å². The lowest BCUT2D eigenvalue weighted by molar-refractivity contribution is 0.0172. The van der Waals surface area contributed by atoms with Crippen molar-refractivity contribution in [3.05, 3.63) is 64.2 Å². The molecule has 1 fully saturated rings. The van der Waals surface area contributed by atoms with Gasteiger partial charge in [0.05, 0.1) is 18.1 Å². The molecule has 146 valence electrons. The van der Waals surface area contributed by atoms with Crippen LogP contribution in [0.4, 0.5) is 0 Å². The van der Waals surface area contributed by atoms with Gasteiger partial charge < -0.3 is 4.74 Å². The third-order valence-electron chi connectivity index (χ3n) is 4.83. The number of nitrogens with zero attached hydrogens (tertiary/aromatic N) is 1. The van der Waals surface area contributed by atoms with E-state index in [0.717, 1.165) is 29.8 Å². The number of rotatable bonds is 6. The first-order valence-electron chi connectivity index (χ1n) is 9.01. The Balaban J connectivity index is 1.82. The van der Waals surface area contributed by atoms with Crippen LogP contribution < -0.4 is 4.72 Å². The van der Waals surface area contributed by atoms with Crippen molar-refractivity contribution in [1.82, 2.24) is 9.62 Å². The monoisotopic (exact) mass is 408 g/mol. The van der Waals surface area contributed by atoms with Crippen molar-refractivity contribution in [2.45, 2.75) is 24.8 Å². The van der Waals surface area contributed by atoms with E-state index in [1.165, 1.54) is 6.07 Å². The molecule has 0 amide bonds. The van der Waals surface area contributed by atoms with Crippen molar-refractivity contribution in [1.29, 1.82) is 0 Å². The fourth-order valence-electron chi connectivity index (χ4n) is 3.24. The van der Waals surface area contributed by atoms with Crippen molar-refractivity contribution in [2.24, 2.45) is 0 Å². The SMILES string of the molecule is Cc1cccc([C@@H](CNS(=O)(=O)c2ccc(C)c(Cl)c2)N2CCOCC2)c1. The average Bonchev–Trinajstić information content (AvgIpc) is 2.65. The minimum atomic E-state index is -3.64. The standard InChI is InChI=1S/C20H25ClN2O3S/c1-15-4-3-5-17(12-15)20(23-8-10-26-11-9-23)14-22-27(24,25)18-7-6-16(2)19(21)13-18/h3-7,12-13,20,22H,8-11,14H2,1-2H3/t20-/m1/s1. The highest BCUT2D eigenvalue weighted by atomic mass is 35.5. The van der Waals surface area contributed by atoms with E-state index in [1.54, 1.807) is 12.1 Å². The molecule has 0 spiro atoms. The Kier molecular flexibility index (Phi) is 6.55. The number of halogens is 1. The Hall–Kier alpha value is -1.44. The van der Waals surface area contributed by atoms with Crippen molar-refractivity contribution < 1.29 is 13.2 Å². The molecular formula is C20H25ClN2O3S. The topological polar surface area (TPSA) is 58.6 Å². The van der Waals surface area contributed by atoms with Gasteiger partial charge in [-0.05, 0) is 37.1 Å². The van der Waals surface area contributed by atoms with Gasteiger partial charge in [-0.15, -0.1) is 0 Å². The zero-order valence-electron chi connectivity index (χ0n) is 15.6. The quantitative estimate of drug-likeness (QED) is 0.796. The molecule has 0 radical (unpaired) electrons. The van der Waals surface area contributed by atoms with E-state index < -0.39 is 10.0 Å². The Morgan fingerprint density at radius 2 is 1.89 bits per heavy atom. The molecule has 1 atom stereocenters. The molecule has 3 rings (SSSR count). The van der Waals surface area contributed by atoms with Gasteiger partial charge in [-0.25, -0.2) is 13.1 Å². The van der Waals surface area contributed by atoms with Gasteiger partial charge in [0.2, 0.25) is 10.0 Å². The molecule has 0 unspecified atom stereocenters. The second kappa shape index (κ2) is 8.71. The molecule has 1 aliphatic rings. The Morgan fingerprint density at radius 1 is 1.15 bits per heavy atom. The molecule has 1 saturated heterocycles. The van der Waals surface area contributed by atoms with E-state index in [0.29, 0.717) is 18.2 Å². The maximum atomic E-state index is 12.8. The summed E-state index contributed by atoms with van der Waals surface area (Å²) in [6.07, 6.45) is 0. The average molecular weight is 409 g/mol. The van der Waals surface area contributed by atoms with Crippen LogP contribution in [-0.2, 0) is 14.8 Å². The van der Waals surface area contributed by atoms with E-state index in [9.17, 15) is 8.42 Å². The van der Waals surface area contributed by atoms with Gasteiger partial charge in [0, 0.05) is 30.7 Å². The van der Waals surface area contributed by atoms with E-state index in [1.807, 2.05) is 32.0 Å². The molecule has 0 saturated carbocycles. The molecule has 1 N–H and O–H groups in total. The summed E-state index contributed by atoms with van der Waals surface area (Å²) >= 11 is 6.10. The number of sulfonamides is 1. The van der Waals surface area contributed by atoms with Crippen LogP contribution in [0.5, 0.6) is 0 Å². The van der Waals surface area contributed by atoms with Crippen LogP contribution in [0.1, 0.15) is 22.7 Å². The number of benzene rings is 2. The molecule has 5 nitrogen and oxygen atoms in total. The zero-order chi connectivity index (χ0) is 19.4. The number of hydrogen-bond acceptors (Lipinski definition) is 4. The van der Waals surface area contributed by atoms with E-state index in [-0.39, 0.29) is 17.5 Å². The van der Waals surface area contributed by atoms with Crippen molar-refractivity contribution in [3.63, 3.8) is 0 Å². The van der Waals surface area contributed by atoms with Crippen molar-refractivity contribution >= 4 is 21.6 Å². The minimum absolute atomic E-state index is 0.0514. The molecule has 0 bridgehead atoms. The van der Waals surface area contributed by atoms with Gasteiger partial charge in [0.15, 0.2) is 0 Å². The lowest BCUT2D eigenvalue weighted by Crippen LogP contribution is -2.43. The highest BCUT2D eigenvalue weighted by Crippen LogP contribution is 2.24. The highest BCUT2D eigenvalue weighted by molar-refractivity contribution is 7.89. The number of ether oxygens (including phenoxy) is 1. The van der Waals surface area contributed by atoms with Crippen molar-refractivity contribution in [2.75, 3.05) is 32.8 Å². The van der Waals surface area contributed by atoms with Crippen LogP contribution in [0.15, 0.2) is 47.4 Å². The first-order valence-corrected chi connectivity index (χ1v) is 10.9. The summed E-state index contributed by atoms with van der Waals surface area (Å²) in [5.74, 6) is 0. The molecule has 0 aliphatic carbocycles. The molecule has 2 aromatic rings. The van der Waals surface area contributed by atoms with Gasteiger partial charge in [-0.1, -0.05) is 47.5 Å². The number of hydrogen-bond donors (Lipinski definition) is 1. The lowest BCUT2D eigenvalue weighted by Gasteiger charge is -2.35. The molecule has 0 aromatic heterocycles. The summed E-state index contributed by atoms with van der Waals surface area (Å²) in [6, 6.07) is 12.9. The molecule has 7 heteroatoms. The van der Waals surface area contributed by atoms with E-state index >= 15 is 0 Å². The molecule has 27 heavy (non-hydrogen) atoms. The largest absolute Gasteiger partial charge is 0.379 e. The third-order valence-corrected chi connectivity index (χ3v) is 6.66. The van der Waals surface area contributed by atoms with E-state index in [4.69, 9.17) is 16.3 Å². The second-order valence-electron chi connectivity index (χ2n) is 6.84. The number of morpholine rings is 1. The fourth-order valence-corrected chi connectivity index (χ4v) is 4.55. The third kappa shape index (κ3) is 5.09. The fraction of sp³-hybridized carbons (Fsp3) is 0.400. The minimum Gasteiger partial charge on any atom is -0.379 e. The second-order valence-corrected chi connectivity index (χ2v) is 9.02. The number of nitrogens with one attached hydrogen (secondary N) is 1. The van der Waals surface area contributed by atoms with Crippen LogP contribution in [-0.4, -0.2) is 46.2 Å². The Morgan fingerprint density at radius 3 is 2.56 bits per heavy atom. The van der Waals surface area contributed by atoms with E-state index in [2.05, 4.69) is 15.7 Å². The van der Waals surface area contributed by atoms with Crippen LogP contribution >= 0.6 is 11.6 Å². The maximum Gasteiger partial charge on any atom is 0.240 e. The smallest absolute Gasteiger partial charge is 0.240 e. The first-order chi connectivity index (χ1) is 12.9. The van der Waals surface area contributed by atoms with Crippen LogP contribution in [0.3, 0.4) is 0 Å². The van der Waals surface area contributed by atoms with Crippen LogP contribution in [0.25, 0.3) is 0 Å². The maximum absolute atomic E-state index is 12.8. The summed E-state index contributed by atoms with van der Waals surface area (Å²) in [6.45, 7) is 7.03. The summed E-state index contributed by atoms with van der Waals surface area (Å²) < 4.78 is 33.8. The first kappa shape index (κ1) is 20.3. The zero-order valence-corrected chi connectivity index (χ0v) is 17.2. The molecule has 2 aromatic carbocycles. The van der Waals surface area contributed by atoms with Gasteiger partial charge in [-0.2, -0.15) is 0 Å². The lowest BCUT2D eigenvalue weighted by atomic mass is 10.0.